The molecule has 0 atom stereocenters. The third-order valence-electron chi connectivity index (χ3n) is 1.66. The van der Waals surface area contributed by atoms with Gasteiger partial charge in [-0.2, -0.15) is 0 Å². The summed E-state index contributed by atoms with van der Waals surface area (Å²) in [7, 11) is 0. The molecule has 0 aliphatic carbocycles. The Bertz CT molecular complexity index is 418. The van der Waals surface area contributed by atoms with Gasteiger partial charge < -0.3 is 9.94 Å². The van der Waals surface area contributed by atoms with Crippen LogP contribution >= 0.6 is 15.9 Å². The number of halogens is 1. The summed E-state index contributed by atoms with van der Waals surface area (Å²) >= 11 is 3.35. The Kier molecular flexibility index (Phi) is 4.72. The monoisotopic (exact) mass is 267 g/mol. The van der Waals surface area contributed by atoms with Crippen LogP contribution < -0.4 is 4.74 Å². The van der Waals surface area contributed by atoms with E-state index in [1.54, 1.807) is 13.0 Å². The molecule has 4 heteroatoms. The van der Waals surface area contributed by atoms with Gasteiger partial charge in [-0.1, -0.05) is 17.1 Å². The Balaban J connectivity index is 2.94. The van der Waals surface area contributed by atoms with Crippen LogP contribution in [0.1, 0.15) is 12.5 Å². The maximum atomic E-state index is 8.48. The highest BCUT2D eigenvalue weighted by Gasteiger charge is 2.05. The average Bonchev–Trinajstić information content (AvgIpc) is 2.23. The molecule has 0 aliphatic heterocycles. The molecule has 1 rings (SSSR count). The number of rotatable bonds is 3. The summed E-state index contributed by atoms with van der Waals surface area (Å²) in [6.45, 7) is 2.06. The van der Waals surface area contributed by atoms with Gasteiger partial charge in [0.05, 0.1) is 10.7 Å². The molecule has 0 saturated heterocycles. The first-order chi connectivity index (χ1) is 7.29. The van der Waals surface area contributed by atoms with E-state index in [9.17, 15) is 0 Å². The number of hydrogen-bond acceptors (Lipinski definition) is 3. The van der Waals surface area contributed by atoms with Gasteiger partial charge in [0.2, 0.25) is 0 Å². The van der Waals surface area contributed by atoms with Crippen LogP contribution in [0, 0.1) is 11.8 Å². The molecule has 0 unspecified atom stereocenters. The number of para-hydroxylation sites is 1. The molecule has 0 fully saturated rings. The van der Waals surface area contributed by atoms with E-state index >= 15 is 0 Å². The topological polar surface area (TPSA) is 41.8 Å². The van der Waals surface area contributed by atoms with Crippen molar-refractivity contribution in [3.8, 4) is 17.6 Å². The van der Waals surface area contributed by atoms with Crippen LogP contribution in [0.25, 0.3) is 0 Å². The zero-order valence-corrected chi connectivity index (χ0v) is 9.78. The molecule has 0 aromatic heterocycles. The predicted molar refractivity (Wildman–Crippen MR) is 62.5 cm³/mol. The number of benzene rings is 1. The standard InChI is InChI=1S/C11H10BrNO2/c1-2-3-7-15-11-9(8-13-14)5-4-6-10(11)12/h4-6,8,14H,7H2,1H3. The molecule has 0 aliphatic rings. The largest absolute Gasteiger partial charge is 0.479 e. The fraction of sp³-hybridized carbons (Fsp3) is 0.182. The molecule has 78 valence electrons. The van der Waals surface area contributed by atoms with E-state index in [0.29, 0.717) is 17.9 Å². The quantitative estimate of drug-likeness (QED) is 0.396. The minimum atomic E-state index is 0.311. The molecule has 0 bridgehead atoms. The molecule has 1 N–H and O–H groups in total. The third kappa shape index (κ3) is 3.30. The van der Waals surface area contributed by atoms with E-state index in [-0.39, 0.29) is 0 Å². The Morgan fingerprint density at radius 1 is 1.60 bits per heavy atom. The molecule has 0 amide bonds. The van der Waals surface area contributed by atoms with Gasteiger partial charge in [-0.15, -0.1) is 5.92 Å². The van der Waals surface area contributed by atoms with Crippen molar-refractivity contribution in [3.05, 3.63) is 28.2 Å². The lowest BCUT2D eigenvalue weighted by Gasteiger charge is -2.07. The van der Waals surface area contributed by atoms with Gasteiger partial charge in [0.1, 0.15) is 12.4 Å². The second-order valence-corrected chi connectivity index (χ2v) is 3.47. The Morgan fingerprint density at radius 2 is 2.40 bits per heavy atom. The third-order valence-corrected chi connectivity index (χ3v) is 2.28. The lowest BCUT2D eigenvalue weighted by molar-refractivity contribution is 0.321. The molecule has 0 spiro atoms. The maximum absolute atomic E-state index is 8.48. The summed E-state index contributed by atoms with van der Waals surface area (Å²) in [5.41, 5.74) is 0.699. The first kappa shape index (κ1) is 11.6. The van der Waals surface area contributed by atoms with Crippen LogP contribution in [0.2, 0.25) is 0 Å². The Morgan fingerprint density at radius 3 is 3.07 bits per heavy atom. The van der Waals surface area contributed by atoms with Crippen molar-refractivity contribution in [1.29, 1.82) is 0 Å². The van der Waals surface area contributed by atoms with Crippen LogP contribution in [0.5, 0.6) is 5.75 Å². The normalized spacial score (nSPS) is 9.73. The summed E-state index contributed by atoms with van der Waals surface area (Å²) in [5.74, 6) is 6.15. The minimum Gasteiger partial charge on any atom is -0.479 e. The van der Waals surface area contributed by atoms with Crippen molar-refractivity contribution < 1.29 is 9.94 Å². The summed E-state index contributed by atoms with van der Waals surface area (Å²) in [6.07, 6.45) is 1.32. The Hall–Kier alpha value is -1.47. The van der Waals surface area contributed by atoms with Crippen molar-refractivity contribution in [2.75, 3.05) is 6.61 Å². The molecule has 0 radical (unpaired) electrons. The fourth-order valence-corrected chi connectivity index (χ4v) is 1.52. The highest BCUT2D eigenvalue weighted by molar-refractivity contribution is 9.10. The fourth-order valence-electron chi connectivity index (χ4n) is 1.02. The highest BCUT2D eigenvalue weighted by Crippen LogP contribution is 2.27. The number of nitrogens with zero attached hydrogens (tertiary/aromatic N) is 1. The number of hydrogen-bond donors (Lipinski definition) is 1. The number of ether oxygens (including phenoxy) is 1. The predicted octanol–water partition coefficient (Wildman–Crippen LogP) is 2.66. The maximum Gasteiger partial charge on any atom is 0.149 e. The van der Waals surface area contributed by atoms with Crippen LogP contribution in [0.4, 0.5) is 0 Å². The first-order valence-corrected chi connectivity index (χ1v) is 5.07. The molecule has 0 heterocycles. The van der Waals surface area contributed by atoms with E-state index in [4.69, 9.17) is 9.94 Å². The SMILES string of the molecule is CC#CCOc1c(Br)cccc1C=NO. The average molecular weight is 268 g/mol. The summed E-state index contributed by atoms with van der Waals surface area (Å²) in [4.78, 5) is 0. The van der Waals surface area contributed by atoms with E-state index in [2.05, 4.69) is 32.9 Å². The van der Waals surface area contributed by atoms with Crippen LogP contribution in [-0.2, 0) is 0 Å². The van der Waals surface area contributed by atoms with Crippen molar-refractivity contribution in [3.63, 3.8) is 0 Å². The zero-order chi connectivity index (χ0) is 11.1. The van der Waals surface area contributed by atoms with Crippen molar-refractivity contribution in [2.45, 2.75) is 6.92 Å². The van der Waals surface area contributed by atoms with Gasteiger partial charge in [-0.25, -0.2) is 0 Å². The summed E-state index contributed by atoms with van der Waals surface area (Å²) in [6, 6.07) is 5.47. The van der Waals surface area contributed by atoms with E-state index in [1.165, 1.54) is 6.21 Å². The molecule has 1 aromatic rings. The van der Waals surface area contributed by atoms with Gasteiger partial charge >= 0.3 is 0 Å². The van der Waals surface area contributed by atoms with Gasteiger partial charge in [0.25, 0.3) is 0 Å². The molecular weight excluding hydrogens is 258 g/mol. The molecule has 15 heavy (non-hydrogen) atoms. The van der Waals surface area contributed by atoms with Gasteiger partial charge in [-0.05, 0) is 35.0 Å². The molecule has 3 nitrogen and oxygen atoms in total. The molecule has 1 aromatic carbocycles. The van der Waals surface area contributed by atoms with Gasteiger partial charge in [0, 0.05) is 5.56 Å². The van der Waals surface area contributed by atoms with Crippen LogP contribution in [-0.4, -0.2) is 18.0 Å². The second-order valence-electron chi connectivity index (χ2n) is 2.62. The Labute approximate surface area is 96.9 Å². The first-order valence-electron chi connectivity index (χ1n) is 4.28. The second kappa shape index (κ2) is 6.10. The van der Waals surface area contributed by atoms with Crippen molar-refractivity contribution in [2.24, 2.45) is 5.16 Å². The smallest absolute Gasteiger partial charge is 0.149 e. The van der Waals surface area contributed by atoms with Crippen LogP contribution in [0.15, 0.2) is 27.8 Å². The van der Waals surface area contributed by atoms with Gasteiger partial charge in [0.15, 0.2) is 0 Å². The van der Waals surface area contributed by atoms with Crippen LogP contribution in [0.3, 0.4) is 0 Å². The minimum absolute atomic E-state index is 0.311. The van der Waals surface area contributed by atoms with E-state index in [0.717, 1.165) is 4.47 Å². The summed E-state index contributed by atoms with van der Waals surface area (Å²) < 4.78 is 6.24. The number of oxime groups is 1. The van der Waals surface area contributed by atoms with Crippen molar-refractivity contribution >= 4 is 22.1 Å². The van der Waals surface area contributed by atoms with E-state index < -0.39 is 0 Å². The molecule has 0 saturated carbocycles. The van der Waals surface area contributed by atoms with Crippen molar-refractivity contribution in [1.82, 2.24) is 0 Å². The lowest BCUT2D eigenvalue weighted by Crippen LogP contribution is -1.98. The van der Waals surface area contributed by atoms with E-state index in [1.807, 2.05) is 12.1 Å². The lowest BCUT2D eigenvalue weighted by atomic mass is 10.2. The summed E-state index contributed by atoms with van der Waals surface area (Å²) in [5, 5.41) is 11.5. The van der Waals surface area contributed by atoms with Gasteiger partial charge in [-0.3, -0.25) is 0 Å². The zero-order valence-electron chi connectivity index (χ0n) is 8.20. The highest BCUT2D eigenvalue weighted by atomic mass is 79.9. The molecular formula is C11H10BrNO2.